The first-order chi connectivity index (χ1) is 31.7. The van der Waals surface area contributed by atoms with E-state index in [-0.39, 0.29) is 24.0 Å². The van der Waals surface area contributed by atoms with Crippen LogP contribution in [0.4, 0.5) is 34.5 Å². The maximum atomic E-state index is 13.6. The molecule has 4 aromatic carbocycles. The number of piperidine rings is 1. The maximum Gasteiger partial charge on any atom is 0.262 e. The number of ether oxygens (including phenoxy) is 1. The molecule has 0 spiro atoms. The molecule has 336 valence electrons. The molecule has 0 saturated carbocycles. The Kier molecular flexibility index (Phi) is 11.0. The molecule has 0 aliphatic carbocycles. The summed E-state index contributed by atoms with van der Waals surface area (Å²) in [5, 5.41) is 14.3. The van der Waals surface area contributed by atoms with E-state index >= 15 is 0 Å². The van der Waals surface area contributed by atoms with Crippen LogP contribution in [0.2, 0.25) is 0 Å². The van der Waals surface area contributed by atoms with Crippen molar-refractivity contribution in [3.05, 3.63) is 113 Å². The molecule has 3 N–H and O–H groups in total. The van der Waals surface area contributed by atoms with Crippen molar-refractivity contribution in [2.75, 3.05) is 67.1 Å². The number of amides is 4. The Morgan fingerprint density at radius 1 is 0.788 bits per heavy atom. The van der Waals surface area contributed by atoms with Gasteiger partial charge in [-0.15, -0.1) is 0 Å². The van der Waals surface area contributed by atoms with Crippen molar-refractivity contribution in [2.24, 2.45) is 18.9 Å². The largest absolute Gasteiger partial charge is 0.494 e. The summed E-state index contributed by atoms with van der Waals surface area (Å²) in [6, 6.07) is 24.3. The fraction of sp³-hybridized carbons (Fsp3) is 0.271. The van der Waals surface area contributed by atoms with E-state index in [9.17, 15) is 23.7 Å². The van der Waals surface area contributed by atoms with E-state index in [4.69, 9.17) is 9.72 Å². The van der Waals surface area contributed by atoms with Crippen LogP contribution < -0.4 is 35.8 Å². The molecule has 66 heavy (non-hydrogen) atoms. The molecule has 6 heterocycles. The molecule has 2 aromatic heterocycles. The van der Waals surface area contributed by atoms with E-state index in [2.05, 4.69) is 51.8 Å². The van der Waals surface area contributed by atoms with Crippen molar-refractivity contribution in [1.29, 1.82) is 0 Å². The standard InChI is InChI=1S/C48H46BrN10O6P/c1-56-22-29(20-51-56)34-18-38(53-48-50-21-36(49)44(55-48)52-37-13-10-28(16-42(37)66(3,4)64)27-8-6-5-7-9-27)41(65-2)19-40(34)58-25-30-23-57(24-31(30)26-58)32-11-12-33-35(17-32)47(63)59(46(33)62)39-14-15-43(60)54-45(39)61/h5-13,16-22,30-31,39H,14-15,23-26H2,1-4H3,(H,54,60,61)(H2,50,52,53,55). The van der Waals surface area contributed by atoms with E-state index in [1.807, 2.05) is 86.2 Å². The number of methoxy groups -OCH3 is 1. The number of hydrogen-bond acceptors (Lipinski definition) is 13. The lowest BCUT2D eigenvalue weighted by Gasteiger charge is -2.27. The zero-order valence-electron chi connectivity index (χ0n) is 36.6. The predicted molar refractivity (Wildman–Crippen MR) is 257 cm³/mol. The van der Waals surface area contributed by atoms with E-state index in [0.29, 0.717) is 50.5 Å². The molecule has 16 nitrogen and oxygen atoms in total. The minimum Gasteiger partial charge on any atom is -0.494 e. The second kappa shape index (κ2) is 16.9. The van der Waals surface area contributed by atoms with E-state index in [1.165, 1.54) is 0 Å². The number of rotatable bonds is 11. The Morgan fingerprint density at radius 2 is 1.53 bits per heavy atom. The number of fused-ring (bicyclic) bond motifs is 2. The summed E-state index contributed by atoms with van der Waals surface area (Å²) in [6.45, 7) is 6.57. The van der Waals surface area contributed by atoms with Crippen molar-refractivity contribution in [3.63, 3.8) is 0 Å². The summed E-state index contributed by atoms with van der Waals surface area (Å²) in [7, 11) is 0.791. The smallest absolute Gasteiger partial charge is 0.262 e. The third-order valence-corrected chi connectivity index (χ3v) is 15.0. The lowest BCUT2D eigenvalue weighted by molar-refractivity contribution is -0.136. The topological polar surface area (TPSA) is 184 Å². The Morgan fingerprint density at radius 3 is 2.23 bits per heavy atom. The van der Waals surface area contributed by atoms with E-state index < -0.39 is 36.8 Å². The molecule has 4 aliphatic rings. The zero-order chi connectivity index (χ0) is 46.0. The van der Waals surface area contributed by atoms with E-state index in [1.54, 1.807) is 43.5 Å². The van der Waals surface area contributed by atoms with Crippen molar-refractivity contribution in [3.8, 4) is 28.0 Å². The lowest BCUT2D eigenvalue weighted by atomic mass is 10.0. The molecule has 18 heteroatoms. The first-order valence-electron chi connectivity index (χ1n) is 21.6. The fourth-order valence-electron chi connectivity index (χ4n) is 9.60. The number of carbonyl (C=O) groups is 4. The first-order valence-corrected chi connectivity index (χ1v) is 25.0. The molecule has 4 amide bonds. The van der Waals surface area contributed by atoms with Crippen LogP contribution in [0.3, 0.4) is 0 Å². The van der Waals surface area contributed by atoms with Crippen molar-refractivity contribution >= 4 is 86.5 Å². The second-order valence-electron chi connectivity index (χ2n) is 17.6. The molecule has 3 saturated heterocycles. The van der Waals surface area contributed by atoms with Crippen LogP contribution in [0.5, 0.6) is 5.75 Å². The van der Waals surface area contributed by atoms with Gasteiger partial charge in [0.25, 0.3) is 11.8 Å². The molecular weight excluding hydrogens is 923 g/mol. The van der Waals surface area contributed by atoms with Crippen LogP contribution in [-0.4, -0.2) is 101 Å². The van der Waals surface area contributed by atoms with Gasteiger partial charge in [0.05, 0.1) is 40.3 Å². The van der Waals surface area contributed by atoms with Gasteiger partial charge in [-0.2, -0.15) is 10.1 Å². The molecule has 3 fully saturated rings. The molecule has 0 bridgehead atoms. The number of aryl methyl sites for hydroxylation is 1. The van der Waals surface area contributed by atoms with Crippen molar-refractivity contribution < 1.29 is 28.5 Å². The highest BCUT2D eigenvalue weighted by Crippen LogP contribution is 2.45. The monoisotopic (exact) mass is 968 g/mol. The summed E-state index contributed by atoms with van der Waals surface area (Å²) in [6.07, 6.45) is 5.66. The van der Waals surface area contributed by atoms with Crippen LogP contribution in [0.15, 0.2) is 102 Å². The van der Waals surface area contributed by atoms with Gasteiger partial charge in [-0.3, -0.25) is 34.1 Å². The quantitative estimate of drug-likeness (QED) is 0.0890. The number of hydrogen-bond donors (Lipinski definition) is 3. The average Bonchev–Trinajstić information content (AvgIpc) is 4.08. The number of nitrogens with one attached hydrogen (secondary N) is 3. The number of anilines is 6. The molecule has 3 unspecified atom stereocenters. The van der Waals surface area contributed by atoms with Gasteiger partial charge in [0.2, 0.25) is 17.8 Å². The minimum atomic E-state index is -2.73. The molecular formula is C48H46BrN10O6P. The van der Waals surface area contributed by atoms with Gasteiger partial charge in [-0.25, -0.2) is 4.98 Å². The van der Waals surface area contributed by atoms with Gasteiger partial charge in [-0.05, 0) is 83.2 Å². The Bertz CT molecular complexity index is 3020. The van der Waals surface area contributed by atoms with Gasteiger partial charge >= 0.3 is 0 Å². The fourth-order valence-corrected chi connectivity index (χ4v) is 11.1. The molecule has 3 atom stereocenters. The minimum absolute atomic E-state index is 0.0681. The van der Waals surface area contributed by atoms with Crippen LogP contribution in [-0.2, 0) is 21.2 Å². The van der Waals surface area contributed by atoms with Gasteiger partial charge in [0, 0.05) is 97.7 Å². The summed E-state index contributed by atoms with van der Waals surface area (Å²) in [5.41, 5.74) is 7.60. The highest BCUT2D eigenvalue weighted by atomic mass is 79.9. The van der Waals surface area contributed by atoms with Crippen molar-refractivity contribution in [1.82, 2.24) is 30.0 Å². The van der Waals surface area contributed by atoms with Gasteiger partial charge in [0.15, 0.2) is 0 Å². The third kappa shape index (κ3) is 8.00. The van der Waals surface area contributed by atoms with E-state index in [0.717, 1.165) is 64.7 Å². The van der Waals surface area contributed by atoms with Gasteiger partial charge in [-0.1, -0.05) is 36.4 Å². The number of benzene rings is 4. The summed E-state index contributed by atoms with van der Waals surface area (Å²) in [5.74, 6) is -0.0344. The van der Waals surface area contributed by atoms with Gasteiger partial charge in [0.1, 0.15) is 24.8 Å². The SMILES string of the molecule is COc1cc(N2CC3CN(c4ccc5c(c4)C(=O)N(C4CCC(=O)NC4=O)C5=O)CC3C2)c(-c2cnn(C)c2)cc1Nc1ncc(Br)c(Nc2ccc(-c3ccccc3)cc2P(C)(C)=O)n1. The highest BCUT2D eigenvalue weighted by Gasteiger charge is 2.46. The number of aromatic nitrogens is 4. The maximum absolute atomic E-state index is 13.6. The number of halogens is 1. The zero-order valence-corrected chi connectivity index (χ0v) is 39.1. The number of imide groups is 2. The Labute approximate surface area is 389 Å². The van der Waals surface area contributed by atoms with Crippen LogP contribution in [0.25, 0.3) is 22.3 Å². The Hall–Kier alpha value is -6.84. The molecule has 6 aromatic rings. The normalized spacial score (nSPS) is 19.3. The summed E-state index contributed by atoms with van der Waals surface area (Å²) < 4.78 is 22.1. The Balaban J connectivity index is 0.883. The van der Waals surface area contributed by atoms with Gasteiger partial charge < -0.3 is 29.7 Å². The third-order valence-electron chi connectivity index (χ3n) is 12.9. The van der Waals surface area contributed by atoms with Crippen molar-refractivity contribution in [2.45, 2.75) is 18.9 Å². The average molecular weight is 970 g/mol. The molecule has 4 aliphatic heterocycles. The number of nitrogens with zero attached hydrogens (tertiary/aromatic N) is 7. The lowest BCUT2D eigenvalue weighted by Crippen LogP contribution is -2.54. The molecule has 10 rings (SSSR count). The number of carbonyl (C=O) groups excluding carboxylic acids is 4. The van der Waals surface area contributed by atoms with Crippen LogP contribution >= 0.6 is 23.1 Å². The van der Waals surface area contributed by atoms with Crippen LogP contribution in [0.1, 0.15) is 33.6 Å². The molecule has 0 radical (unpaired) electrons. The summed E-state index contributed by atoms with van der Waals surface area (Å²) >= 11 is 3.62. The summed E-state index contributed by atoms with van der Waals surface area (Å²) in [4.78, 5) is 66.4. The van der Waals surface area contributed by atoms with Crippen LogP contribution in [0, 0.1) is 11.8 Å². The second-order valence-corrected chi connectivity index (χ2v) is 21.6. The predicted octanol–water partition coefficient (Wildman–Crippen LogP) is 7.02. The first kappa shape index (κ1) is 43.1. The highest BCUT2D eigenvalue weighted by molar-refractivity contribution is 9.10.